The second kappa shape index (κ2) is 7.10. The molecule has 0 N–H and O–H groups in total. The molecule has 0 spiro atoms. The van der Waals surface area contributed by atoms with E-state index in [-0.39, 0.29) is 16.9 Å². The standard InChI is InChI=1S/C18H14F3N3O3/c1-26-13-6-3-11(4-7-13)14-9-15(18(19,20)21)24-17(23-14)12(10-22-24)5-8-16(25)27-2/h3-10H,1-2H3/b8-5+. The summed E-state index contributed by atoms with van der Waals surface area (Å²) in [6.45, 7) is 0. The van der Waals surface area contributed by atoms with Gasteiger partial charge in [0.2, 0.25) is 0 Å². The van der Waals surface area contributed by atoms with Crippen molar-refractivity contribution in [3.8, 4) is 17.0 Å². The minimum absolute atomic E-state index is 0.0317. The lowest BCUT2D eigenvalue weighted by atomic mass is 10.1. The number of hydrogen-bond donors (Lipinski definition) is 0. The predicted octanol–water partition coefficient (Wildman–Crippen LogP) is 3.61. The highest BCUT2D eigenvalue weighted by atomic mass is 19.4. The van der Waals surface area contributed by atoms with E-state index in [9.17, 15) is 18.0 Å². The molecule has 0 saturated heterocycles. The van der Waals surface area contributed by atoms with Crippen molar-refractivity contribution in [2.75, 3.05) is 14.2 Å². The number of fused-ring (bicyclic) bond motifs is 1. The van der Waals surface area contributed by atoms with E-state index in [1.54, 1.807) is 24.3 Å². The van der Waals surface area contributed by atoms with Crippen LogP contribution >= 0.6 is 0 Å². The van der Waals surface area contributed by atoms with E-state index in [0.717, 1.165) is 12.1 Å². The third kappa shape index (κ3) is 3.76. The van der Waals surface area contributed by atoms with Crippen molar-refractivity contribution in [3.63, 3.8) is 0 Å². The first-order valence-corrected chi connectivity index (χ1v) is 7.70. The highest BCUT2D eigenvalue weighted by Crippen LogP contribution is 2.33. The second-order valence-electron chi connectivity index (χ2n) is 5.44. The Kier molecular flexibility index (Phi) is 4.85. The van der Waals surface area contributed by atoms with Crippen molar-refractivity contribution in [1.82, 2.24) is 14.6 Å². The molecule has 0 atom stereocenters. The van der Waals surface area contributed by atoms with Crippen LogP contribution in [0, 0.1) is 0 Å². The van der Waals surface area contributed by atoms with E-state index in [1.165, 1.54) is 26.5 Å². The number of hydrogen-bond acceptors (Lipinski definition) is 5. The summed E-state index contributed by atoms with van der Waals surface area (Å²) < 4.78 is 50.8. The van der Waals surface area contributed by atoms with Gasteiger partial charge in [0.05, 0.1) is 26.1 Å². The Hall–Kier alpha value is -3.36. The van der Waals surface area contributed by atoms with Gasteiger partial charge in [-0.2, -0.15) is 18.3 Å². The Morgan fingerprint density at radius 3 is 2.48 bits per heavy atom. The number of halogens is 3. The van der Waals surface area contributed by atoms with Gasteiger partial charge in [0.1, 0.15) is 5.75 Å². The zero-order chi connectivity index (χ0) is 19.6. The van der Waals surface area contributed by atoms with Gasteiger partial charge < -0.3 is 9.47 Å². The molecule has 140 valence electrons. The number of carbonyl (C=O) groups excluding carboxylic acids is 1. The molecule has 1 aromatic carbocycles. The van der Waals surface area contributed by atoms with Gasteiger partial charge in [-0.1, -0.05) is 0 Å². The van der Waals surface area contributed by atoms with Gasteiger partial charge in [0.15, 0.2) is 11.3 Å². The normalized spacial score (nSPS) is 11.9. The molecule has 27 heavy (non-hydrogen) atoms. The molecule has 3 aromatic rings. The van der Waals surface area contributed by atoms with Crippen LogP contribution in [0.15, 0.2) is 42.6 Å². The maximum atomic E-state index is 13.5. The summed E-state index contributed by atoms with van der Waals surface area (Å²) in [7, 11) is 2.69. The Morgan fingerprint density at radius 2 is 1.89 bits per heavy atom. The van der Waals surface area contributed by atoms with Crippen molar-refractivity contribution in [1.29, 1.82) is 0 Å². The first-order chi connectivity index (χ1) is 12.8. The molecule has 0 bridgehead atoms. The average molecular weight is 377 g/mol. The molecule has 3 rings (SSSR count). The van der Waals surface area contributed by atoms with Crippen LogP contribution in [0.25, 0.3) is 23.0 Å². The van der Waals surface area contributed by atoms with E-state index in [1.807, 2.05) is 0 Å². The molecular formula is C18H14F3N3O3. The lowest BCUT2D eigenvalue weighted by Gasteiger charge is -2.11. The van der Waals surface area contributed by atoms with Crippen LogP contribution in [0.5, 0.6) is 5.75 Å². The first-order valence-electron chi connectivity index (χ1n) is 7.70. The summed E-state index contributed by atoms with van der Waals surface area (Å²) in [5, 5.41) is 3.76. The highest BCUT2D eigenvalue weighted by molar-refractivity contribution is 5.88. The highest BCUT2D eigenvalue weighted by Gasteiger charge is 2.35. The van der Waals surface area contributed by atoms with Gasteiger partial charge in [-0.05, 0) is 36.4 Å². The maximum Gasteiger partial charge on any atom is 0.433 e. The molecule has 0 aliphatic heterocycles. The van der Waals surface area contributed by atoms with Gasteiger partial charge in [0, 0.05) is 17.2 Å². The van der Waals surface area contributed by atoms with E-state index in [0.29, 0.717) is 15.8 Å². The summed E-state index contributed by atoms with van der Waals surface area (Å²) in [4.78, 5) is 15.6. The topological polar surface area (TPSA) is 65.7 Å². The van der Waals surface area contributed by atoms with Crippen LogP contribution in [-0.4, -0.2) is 34.8 Å². The smallest absolute Gasteiger partial charge is 0.433 e. The van der Waals surface area contributed by atoms with E-state index in [2.05, 4.69) is 14.8 Å². The summed E-state index contributed by atoms with van der Waals surface area (Å²) in [6.07, 6.45) is -1.04. The lowest BCUT2D eigenvalue weighted by Crippen LogP contribution is -2.13. The Bertz CT molecular complexity index is 1010. The van der Waals surface area contributed by atoms with Crippen LogP contribution in [0.2, 0.25) is 0 Å². The largest absolute Gasteiger partial charge is 0.497 e. The van der Waals surface area contributed by atoms with Crippen LogP contribution in [0.4, 0.5) is 13.2 Å². The van der Waals surface area contributed by atoms with Crippen LogP contribution < -0.4 is 4.74 Å². The fourth-order valence-electron chi connectivity index (χ4n) is 2.43. The summed E-state index contributed by atoms with van der Waals surface area (Å²) >= 11 is 0. The van der Waals surface area contributed by atoms with E-state index in [4.69, 9.17) is 4.74 Å². The molecule has 0 aliphatic carbocycles. The second-order valence-corrected chi connectivity index (χ2v) is 5.44. The third-order valence-electron chi connectivity index (χ3n) is 3.78. The summed E-state index contributed by atoms with van der Waals surface area (Å²) in [5.41, 5.74) is -0.160. The Balaban J connectivity index is 2.19. The minimum Gasteiger partial charge on any atom is -0.497 e. The number of esters is 1. The number of benzene rings is 1. The molecule has 6 nitrogen and oxygen atoms in total. The van der Waals surface area contributed by atoms with E-state index < -0.39 is 17.8 Å². The van der Waals surface area contributed by atoms with Crippen LogP contribution in [0.1, 0.15) is 11.3 Å². The van der Waals surface area contributed by atoms with Gasteiger partial charge in [-0.3, -0.25) is 0 Å². The number of aromatic nitrogens is 3. The number of carbonyl (C=O) groups is 1. The van der Waals surface area contributed by atoms with E-state index >= 15 is 0 Å². The average Bonchev–Trinajstić information content (AvgIpc) is 3.07. The number of methoxy groups -OCH3 is 2. The SMILES string of the molecule is COC(=O)/C=C/c1cnn2c(C(F)(F)F)cc(-c3ccc(OC)cc3)nc12. The molecule has 0 unspecified atom stereocenters. The molecule has 0 aliphatic rings. The number of nitrogens with zero attached hydrogens (tertiary/aromatic N) is 3. The zero-order valence-electron chi connectivity index (χ0n) is 14.3. The Morgan fingerprint density at radius 1 is 1.19 bits per heavy atom. The van der Waals surface area contributed by atoms with Crippen molar-refractivity contribution in [2.24, 2.45) is 0 Å². The van der Waals surface area contributed by atoms with Crippen molar-refractivity contribution in [2.45, 2.75) is 6.18 Å². The van der Waals surface area contributed by atoms with Gasteiger partial charge in [0.25, 0.3) is 0 Å². The summed E-state index contributed by atoms with van der Waals surface area (Å²) in [5.74, 6) is -0.0707. The van der Waals surface area contributed by atoms with Crippen LogP contribution in [-0.2, 0) is 15.7 Å². The molecular weight excluding hydrogens is 363 g/mol. The Labute approximate surface area is 151 Å². The molecule has 2 aromatic heterocycles. The number of rotatable bonds is 4. The monoisotopic (exact) mass is 377 g/mol. The molecule has 0 saturated carbocycles. The van der Waals surface area contributed by atoms with Gasteiger partial charge >= 0.3 is 12.1 Å². The predicted molar refractivity (Wildman–Crippen MR) is 91.0 cm³/mol. The lowest BCUT2D eigenvalue weighted by molar-refractivity contribution is -0.142. The number of ether oxygens (including phenoxy) is 2. The maximum absolute atomic E-state index is 13.5. The number of alkyl halides is 3. The van der Waals surface area contributed by atoms with Crippen molar-refractivity contribution >= 4 is 17.7 Å². The zero-order valence-corrected chi connectivity index (χ0v) is 14.3. The summed E-state index contributed by atoms with van der Waals surface area (Å²) in [6, 6.07) is 7.40. The fraction of sp³-hybridized carbons (Fsp3) is 0.167. The quantitative estimate of drug-likeness (QED) is 0.513. The molecule has 2 heterocycles. The first kappa shape index (κ1) is 18.4. The molecule has 0 radical (unpaired) electrons. The van der Waals surface area contributed by atoms with Gasteiger partial charge in [-0.15, -0.1) is 0 Å². The van der Waals surface area contributed by atoms with Crippen molar-refractivity contribution < 1.29 is 27.4 Å². The fourth-order valence-corrected chi connectivity index (χ4v) is 2.43. The van der Waals surface area contributed by atoms with Crippen molar-refractivity contribution in [3.05, 3.63) is 53.9 Å². The molecule has 9 heteroatoms. The van der Waals surface area contributed by atoms with Gasteiger partial charge in [-0.25, -0.2) is 14.3 Å². The molecule has 0 fully saturated rings. The molecule has 0 amide bonds. The minimum atomic E-state index is -4.64. The van der Waals surface area contributed by atoms with Crippen LogP contribution in [0.3, 0.4) is 0 Å². The third-order valence-corrected chi connectivity index (χ3v) is 3.78.